The first-order valence-electron chi connectivity index (χ1n) is 6.89. The number of hydrogen-bond donors (Lipinski definition) is 0. The van der Waals surface area contributed by atoms with Crippen molar-refractivity contribution in [1.82, 2.24) is 0 Å². The van der Waals surface area contributed by atoms with Crippen LogP contribution in [0.2, 0.25) is 0 Å². The van der Waals surface area contributed by atoms with Crippen LogP contribution in [0.4, 0.5) is 0 Å². The molecule has 1 aliphatic carbocycles. The minimum atomic E-state index is 0.125. The van der Waals surface area contributed by atoms with Gasteiger partial charge in [-0.3, -0.25) is 4.79 Å². The minimum Gasteiger partial charge on any atom is -0.294 e. The Bertz CT molecular complexity index is 795. The van der Waals surface area contributed by atoms with Gasteiger partial charge >= 0.3 is 0 Å². The van der Waals surface area contributed by atoms with E-state index in [1.165, 1.54) is 26.1 Å². The van der Waals surface area contributed by atoms with E-state index in [9.17, 15) is 4.79 Å². The Hall–Kier alpha value is -1.93. The average Bonchev–Trinajstić information content (AvgIpc) is 3.01. The summed E-state index contributed by atoms with van der Waals surface area (Å²) in [6, 6.07) is 16.8. The van der Waals surface area contributed by atoms with Crippen molar-refractivity contribution < 1.29 is 4.79 Å². The van der Waals surface area contributed by atoms with Crippen LogP contribution in [0.25, 0.3) is 20.5 Å². The first-order valence-corrected chi connectivity index (χ1v) is 7.71. The van der Waals surface area contributed by atoms with Gasteiger partial charge in [0, 0.05) is 21.1 Å². The van der Waals surface area contributed by atoms with Crippen LogP contribution >= 0.6 is 11.3 Å². The molecule has 2 aromatic carbocycles. The molecule has 0 amide bonds. The van der Waals surface area contributed by atoms with E-state index in [2.05, 4.69) is 36.4 Å². The molecule has 0 radical (unpaired) electrons. The molecule has 1 aliphatic rings. The molecule has 0 saturated carbocycles. The lowest BCUT2D eigenvalue weighted by Gasteiger charge is -2.04. The Kier molecular flexibility index (Phi) is 2.54. The second-order valence-corrected chi connectivity index (χ2v) is 6.53. The molecule has 1 nitrogen and oxygen atoms in total. The molecule has 2 heteroatoms. The predicted octanol–water partition coefficient (Wildman–Crippen LogP) is 4.94. The molecule has 20 heavy (non-hydrogen) atoms. The summed E-state index contributed by atoms with van der Waals surface area (Å²) >= 11 is 1.81. The third-order valence-corrected chi connectivity index (χ3v) is 5.24. The Morgan fingerprint density at radius 3 is 2.70 bits per heavy atom. The maximum absolute atomic E-state index is 12.2. The maximum Gasteiger partial charge on any atom is 0.166 e. The topological polar surface area (TPSA) is 17.1 Å². The summed E-state index contributed by atoms with van der Waals surface area (Å²) in [7, 11) is 0. The summed E-state index contributed by atoms with van der Waals surface area (Å²) in [6.45, 7) is 2.02. The second kappa shape index (κ2) is 4.29. The summed E-state index contributed by atoms with van der Waals surface area (Å²) in [5, 5.41) is 1.28. The fourth-order valence-corrected chi connectivity index (χ4v) is 4.16. The molecule has 0 fully saturated rings. The van der Waals surface area contributed by atoms with Gasteiger partial charge in [-0.05, 0) is 35.1 Å². The highest BCUT2D eigenvalue weighted by Crippen LogP contribution is 2.39. The van der Waals surface area contributed by atoms with Crippen LogP contribution in [0.3, 0.4) is 0 Å². The van der Waals surface area contributed by atoms with Gasteiger partial charge < -0.3 is 0 Å². The fourth-order valence-electron chi connectivity index (χ4n) is 3.05. The summed E-state index contributed by atoms with van der Waals surface area (Å²) in [4.78, 5) is 13.4. The number of rotatable bonds is 1. The van der Waals surface area contributed by atoms with E-state index < -0.39 is 0 Å². The summed E-state index contributed by atoms with van der Waals surface area (Å²) in [5.74, 6) is 0.420. The van der Waals surface area contributed by atoms with Crippen LogP contribution in [0.5, 0.6) is 0 Å². The number of carbonyl (C=O) groups excluding carboxylic acids is 1. The molecule has 0 N–H and O–H groups in total. The molecular weight excluding hydrogens is 264 g/mol. The van der Waals surface area contributed by atoms with Crippen molar-refractivity contribution in [2.24, 2.45) is 5.92 Å². The second-order valence-electron chi connectivity index (χ2n) is 5.45. The minimum absolute atomic E-state index is 0.125. The van der Waals surface area contributed by atoms with Gasteiger partial charge in [0.05, 0.1) is 0 Å². The molecule has 4 rings (SSSR count). The number of Topliss-reactive ketones (excluding diaryl/α,β-unsaturated/α-hetero) is 1. The zero-order chi connectivity index (χ0) is 13.7. The van der Waals surface area contributed by atoms with E-state index in [1.807, 2.05) is 30.4 Å². The van der Waals surface area contributed by atoms with Gasteiger partial charge in [0.2, 0.25) is 0 Å². The first-order chi connectivity index (χ1) is 9.74. The summed E-state index contributed by atoms with van der Waals surface area (Å²) < 4.78 is 1.30. The number of hydrogen-bond acceptors (Lipinski definition) is 2. The monoisotopic (exact) mass is 278 g/mol. The zero-order valence-electron chi connectivity index (χ0n) is 11.2. The van der Waals surface area contributed by atoms with Crippen molar-refractivity contribution in [3.63, 3.8) is 0 Å². The van der Waals surface area contributed by atoms with Gasteiger partial charge in [-0.2, -0.15) is 0 Å². The molecule has 1 heterocycles. The average molecular weight is 278 g/mol. The van der Waals surface area contributed by atoms with Crippen molar-refractivity contribution in [3.8, 4) is 10.4 Å². The van der Waals surface area contributed by atoms with E-state index in [1.54, 1.807) is 0 Å². The van der Waals surface area contributed by atoms with Crippen molar-refractivity contribution in [1.29, 1.82) is 0 Å². The van der Waals surface area contributed by atoms with Crippen LogP contribution in [0.15, 0.2) is 48.5 Å². The molecule has 0 saturated heterocycles. The number of ketones is 1. The van der Waals surface area contributed by atoms with E-state index in [4.69, 9.17) is 0 Å². The highest BCUT2D eigenvalue weighted by molar-refractivity contribution is 7.22. The van der Waals surface area contributed by atoms with Crippen LogP contribution in [0.1, 0.15) is 22.8 Å². The lowest BCUT2D eigenvalue weighted by atomic mass is 10.0. The first kappa shape index (κ1) is 11.9. The third kappa shape index (κ3) is 1.65. The van der Waals surface area contributed by atoms with Gasteiger partial charge in [0.15, 0.2) is 5.78 Å². The quantitative estimate of drug-likeness (QED) is 0.616. The van der Waals surface area contributed by atoms with E-state index in [0.717, 1.165) is 12.0 Å². The number of thiophene rings is 1. The van der Waals surface area contributed by atoms with Gasteiger partial charge in [-0.25, -0.2) is 0 Å². The lowest BCUT2D eigenvalue weighted by Crippen LogP contribution is -2.02. The molecular formula is C18H14OS. The maximum atomic E-state index is 12.2. The molecule has 1 aromatic heterocycles. The Labute approximate surface area is 121 Å². The van der Waals surface area contributed by atoms with E-state index in [-0.39, 0.29) is 5.92 Å². The standard InChI is InChI=1S/C18H14OS/c1-11-9-15-13(6-4-7-14(15)18(11)19)17-10-12-5-2-3-8-16(12)20-17/h2-8,10-11H,9H2,1H3. The normalized spacial score (nSPS) is 17.6. The summed E-state index contributed by atoms with van der Waals surface area (Å²) in [6.07, 6.45) is 0.874. The molecule has 0 bridgehead atoms. The van der Waals surface area contributed by atoms with Gasteiger partial charge in [-0.15, -0.1) is 11.3 Å². The molecule has 3 aromatic rings. The van der Waals surface area contributed by atoms with Crippen molar-refractivity contribution in [2.45, 2.75) is 13.3 Å². The Morgan fingerprint density at radius 1 is 1.05 bits per heavy atom. The SMILES string of the molecule is CC1Cc2c(cccc2-c2cc3ccccc3s2)C1=O. The fraction of sp³-hybridized carbons (Fsp3) is 0.167. The molecule has 1 unspecified atom stereocenters. The highest BCUT2D eigenvalue weighted by Gasteiger charge is 2.29. The predicted molar refractivity (Wildman–Crippen MR) is 84.5 cm³/mol. The van der Waals surface area contributed by atoms with Crippen LogP contribution in [-0.4, -0.2) is 5.78 Å². The number of fused-ring (bicyclic) bond motifs is 2. The summed E-state index contributed by atoms with van der Waals surface area (Å²) in [5.41, 5.74) is 3.39. The van der Waals surface area contributed by atoms with Crippen LogP contribution in [0, 0.1) is 5.92 Å². The van der Waals surface area contributed by atoms with Gasteiger partial charge in [0.1, 0.15) is 0 Å². The van der Waals surface area contributed by atoms with Crippen molar-refractivity contribution in [2.75, 3.05) is 0 Å². The number of benzene rings is 2. The largest absolute Gasteiger partial charge is 0.294 e. The highest BCUT2D eigenvalue weighted by atomic mass is 32.1. The Balaban J connectivity index is 1.94. The van der Waals surface area contributed by atoms with Gasteiger partial charge in [0.25, 0.3) is 0 Å². The van der Waals surface area contributed by atoms with E-state index >= 15 is 0 Å². The van der Waals surface area contributed by atoms with Crippen LogP contribution < -0.4 is 0 Å². The van der Waals surface area contributed by atoms with Crippen molar-refractivity contribution in [3.05, 3.63) is 59.7 Å². The van der Waals surface area contributed by atoms with Crippen LogP contribution in [-0.2, 0) is 6.42 Å². The van der Waals surface area contributed by atoms with Gasteiger partial charge in [-0.1, -0.05) is 43.3 Å². The Morgan fingerprint density at radius 2 is 1.85 bits per heavy atom. The zero-order valence-corrected chi connectivity index (χ0v) is 12.0. The molecule has 0 spiro atoms. The smallest absolute Gasteiger partial charge is 0.166 e. The molecule has 0 aliphatic heterocycles. The van der Waals surface area contributed by atoms with Crippen molar-refractivity contribution >= 4 is 27.2 Å². The molecule has 98 valence electrons. The molecule has 1 atom stereocenters. The third-order valence-electron chi connectivity index (χ3n) is 4.09. The van der Waals surface area contributed by atoms with E-state index in [0.29, 0.717) is 5.78 Å². The lowest BCUT2D eigenvalue weighted by molar-refractivity contribution is 0.0946. The number of carbonyl (C=O) groups is 1.